The lowest BCUT2D eigenvalue weighted by Gasteiger charge is -2.60. The number of unbranched alkanes of at least 4 members (excludes halogenated alkanes) is 2. The minimum Gasteiger partial charge on any atom is -0.378 e. The number of piperazine rings is 1. The molecule has 1 saturated heterocycles. The first-order valence-corrected chi connectivity index (χ1v) is 21.4. The predicted molar refractivity (Wildman–Crippen MR) is 213 cm³/mol. The maximum absolute atomic E-state index is 15.0. The van der Waals surface area contributed by atoms with Gasteiger partial charge in [0.15, 0.2) is 0 Å². The summed E-state index contributed by atoms with van der Waals surface area (Å²) >= 11 is 0. The van der Waals surface area contributed by atoms with Crippen LogP contribution in [0.2, 0.25) is 0 Å². The predicted octanol–water partition coefficient (Wildman–Crippen LogP) is 8.10. The van der Waals surface area contributed by atoms with Crippen molar-refractivity contribution < 1.29 is 18.7 Å². The number of rotatable bonds is 11. The van der Waals surface area contributed by atoms with Crippen LogP contribution in [0.15, 0.2) is 47.3 Å². The fraction of sp³-hybridized carbons (Fsp3) is 0.652. The molecular formula is C46H61FN4O4. The fourth-order valence-electron chi connectivity index (χ4n) is 12.3. The minimum absolute atomic E-state index is 0.215. The van der Waals surface area contributed by atoms with Crippen molar-refractivity contribution in [2.24, 2.45) is 40.4 Å². The van der Waals surface area contributed by atoms with Crippen molar-refractivity contribution in [1.29, 1.82) is 0 Å². The normalized spacial score (nSPS) is 32.3. The summed E-state index contributed by atoms with van der Waals surface area (Å²) in [5.74, 6) is 3.60. The SMILES string of the molecule is C[C@@H]1C[C@@]2(C)[C@@H](CC[C@@H]3[C@@H]2CC[C@]2(C)[C@@H](OCCCCCC(=O)N4CCN(Cc5cc(Cc6n[nH]c(=O)c7ccccc67)ccc5F)CC4)CC[C@@H]32)CC1=O. The van der Waals surface area contributed by atoms with E-state index in [1.54, 1.807) is 12.1 Å². The van der Waals surface area contributed by atoms with Gasteiger partial charge in [-0.1, -0.05) is 57.5 Å². The van der Waals surface area contributed by atoms with Crippen LogP contribution < -0.4 is 5.56 Å². The number of hydrogen-bond acceptors (Lipinski definition) is 6. The number of benzene rings is 2. The molecule has 8 atom stereocenters. The third-order valence-electron chi connectivity index (χ3n) is 15.5. The lowest BCUT2D eigenvalue weighted by atomic mass is 9.44. The van der Waals surface area contributed by atoms with E-state index < -0.39 is 0 Å². The molecule has 0 unspecified atom stereocenters. The number of aromatic nitrogens is 2. The maximum Gasteiger partial charge on any atom is 0.272 e. The molecule has 5 fully saturated rings. The van der Waals surface area contributed by atoms with Crippen LogP contribution in [0.5, 0.6) is 0 Å². The summed E-state index contributed by atoms with van der Waals surface area (Å²) in [6.07, 6.45) is 13.7. The van der Waals surface area contributed by atoms with Crippen LogP contribution in [0, 0.1) is 46.2 Å². The van der Waals surface area contributed by atoms with Gasteiger partial charge in [0.2, 0.25) is 5.91 Å². The lowest BCUT2D eigenvalue weighted by Crippen LogP contribution is -2.55. The molecule has 4 aliphatic carbocycles. The molecule has 296 valence electrons. The molecular weight excluding hydrogens is 692 g/mol. The van der Waals surface area contributed by atoms with Crippen LogP contribution in [-0.2, 0) is 27.3 Å². The van der Waals surface area contributed by atoms with Crippen LogP contribution >= 0.6 is 0 Å². The zero-order valence-corrected chi connectivity index (χ0v) is 33.3. The Labute approximate surface area is 326 Å². The highest BCUT2D eigenvalue weighted by Crippen LogP contribution is 2.66. The van der Waals surface area contributed by atoms with Crippen molar-refractivity contribution in [3.8, 4) is 0 Å². The van der Waals surface area contributed by atoms with Crippen molar-refractivity contribution in [1.82, 2.24) is 20.0 Å². The number of halogens is 1. The van der Waals surface area contributed by atoms with Crippen LogP contribution in [0.25, 0.3) is 10.8 Å². The van der Waals surface area contributed by atoms with Crippen LogP contribution in [0.3, 0.4) is 0 Å². The Kier molecular flexibility index (Phi) is 11.1. The second-order valence-corrected chi connectivity index (χ2v) is 18.5. The fourth-order valence-corrected chi connectivity index (χ4v) is 12.3. The monoisotopic (exact) mass is 752 g/mol. The zero-order valence-electron chi connectivity index (χ0n) is 33.3. The topological polar surface area (TPSA) is 95.6 Å². The van der Waals surface area contributed by atoms with E-state index in [0.29, 0.717) is 66.6 Å². The van der Waals surface area contributed by atoms with Gasteiger partial charge in [-0.05, 0) is 110 Å². The van der Waals surface area contributed by atoms with E-state index in [9.17, 15) is 18.8 Å². The van der Waals surface area contributed by atoms with E-state index in [0.717, 1.165) is 86.2 Å². The summed E-state index contributed by atoms with van der Waals surface area (Å²) in [7, 11) is 0. The van der Waals surface area contributed by atoms with Crippen molar-refractivity contribution in [2.45, 2.75) is 117 Å². The standard InChI is InChI=1S/C46H61FN4O4/c1-30-28-46(3)33(27-41(30)52)13-14-36-37-15-17-42(45(37,2)19-18-38(36)46)55-24-8-4-5-11-43(53)51-22-20-50(21-23-51)29-32-25-31(12-16-39(32)47)26-40-34-9-6-7-10-35(34)44(54)49-48-40/h6-7,9-10,12,16,25,30,33,36-38,42H,4-5,8,11,13-15,17-24,26-29H2,1-3H3,(H,49,54)/t30-,33+,36+,37+,38+,42+,45+,46+/m1/s1. The number of fused-ring (bicyclic) bond motifs is 6. The maximum atomic E-state index is 15.0. The van der Waals surface area contributed by atoms with E-state index in [1.165, 1.54) is 44.6 Å². The Morgan fingerprint density at radius 1 is 0.927 bits per heavy atom. The minimum atomic E-state index is -0.231. The summed E-state index contributed by atoms with van der Waals surface area (Å²) in [5, 5.41) is 8.30. The van der Waals surface area contributed by atoms with Crippen LogP contribution in [-0.4, -0.2) is 70.6 Å². The summed E-state index contributed by atoms with van der Waals surface area (Å²) in [5.41, 5.74) is 2.72. The number of ether oxygens (including phenoxy) is 1. The van der Waals surface area contributed by atoms with Gasteiger partial charge in [0.05, 0.1) is 17.2 Å². The number of nitrogens with one attached hydrogen (secondary N) is 1. The summed E-state index contributed by atoms with van der Waals surface area (Å²) in [6.45, 7) is 11.3. The summed E-state index contributed by atoms with van der Waals surface area (Å²) in [6, 6.07) is 12.6. The summed E-state index contributed by atoms with van der Waals surface area (Å²) in [4.78, 5) is 42.1. The molecule has 1 aromatic heterocycles. The first-order valence-electron chi connectivity index (χ1n) is 21.4. The average Bonchev–Trinajstić information content (AvgIpc) is 3.52. The van der Waals surface area contributed by atoms with Gasteiger partial charge >= 0.3 is 0 Å². The largest absolute Gasteiger partial charge is 0.378 e. The highest BCUT2D eigenvalue weighted by molar-refractivity contribution is 5.83. The van der Waals surface area contributed by atoms with Gasteiger partial charge in [0, 0.05) is 75.5 Å². The van der Waals surface area contributed by atoms with Crippen LogP contribution in [0.1, 0.15) is 115 Å². The number of Topliss-reactive ketones (excluding diaryl/α,β-unsaturated/α-hetero) is 1. The Bertz CT molecular complexity index is 1940. The Balaban J connectivity index is 0.748. The molecule has 8 rings (SSSR count). The Hall–Kier alpha value is -3.43. The number of aromatic amines is 1. The third kappa shape index (κ3) is 7.57. The van der Waals surface area contributed by atoms with Crippen molar-refractivity contribution in [3.63, 3.8) is 0 Å². The molecule has 1 N–H and O–H groups in total. The Morgan fingerprint density at radius 2 is 1.71 bits per heavy atom. The molecule has 4 saturated carbocycles. The number of ketones is 1. The molecule has 2 aromatic carbocycles. The number of nitrogens with zero attached hydrogens (tertiary/aromatic N) is 3. The van der Waals surface area contributed by atoms with Gasteiger partial charge in [-0.2, -0.15) is 5.10 Å². The van der Waals surface area contributed by atoms with Crippen molar-refractivity contribution in [2.75, 3.05) is 32.8 Å². The quantitative estimate of drug-likeness (QED) is 0.199. The van der Waals surface area contributed by atoms with Gasteiger partial charge in [0.1, 0.15) is 11.6 Å². The van der Waals surface area contributed by atoms with E-state index in [2.05, 4.69) is 35.9 Å². The molecule has 5 aliphatic rings. The molecule has 9 heteroatoms. The second-order valence-electron chi connectivity index (χ2n) is 18.5. The number of carbonyl (C=O) groups is 2. The molecule has 2 heterocycles. The third-order valence-corrected chi connectivity index (χ3v) is 15.5. The molecule has 0 radical (unpaired) electrons. The zero-order chi connectivity index (χ0) is 38.3. The molecule has 0 spiro atoms. The van der Waals surface area contributed by atoms with E-state index in [-0.39, 0.29) is 28.6 Å². The van der Waals surface area contributed by atoms with Gasteiger partial charge in [-0.3, -0.25) is 19.3 Å². The molecule has 8 nitrogen and oxygen atoms in total. The van der Waals surface area contributed by atoms with Gasteiger partial charge < -0.3 is 9.64 Å². The second kappa shape index (κ2) is 15.8. The van der Waals surface area contributed by atoms with Crippen molar-refractivity contribution >= 4 is 22.5 Å². The van der Waals surface area contributed by atoms with Gasteiger partial charge in [-0.15, -0.1) is 0 Å². The van der Waals surface area contributed by atoms with E-state index >= 15 is 0 Å². The van der Waals surface area contributed by atoms with Gasteiger partial charge in [0.25, 0.3) is 5.56 Å². The number of carbonyl (C=O) groups excluding carboxylic acids is 2. The van der Waals surface area contributed by atoms with Crippen molar-refractivity contribution in [3.05, 3.63) is 75.5 Å². The average molecular weight is 753 g/mol. The number of hydrogen-bond donors (Lipinski definition) is 1. The molecule has 55 heavy (non-hydrogen) atoms. The highest BCUT2D eigenvalue weighted by atomic mass is 19.1. The number of amides is 1. The van der Waals surface area contributed by atoms with E-state index in [1.807, 2.05) is 29.2 Å². The first-order chi connectivity index (χ1) is 26.5. The lowest BCUT2D eigenvalue weighted by molar-refractivity contribution is -0.151. The van der Waals surface area contributed by atoms with E-state index in [4.69, 9.17) is 4.74 Å². The molecule has 3 aromatic rings. The molecule has 1 amide bonds. The number of H-pyrrole nitrogens is 1. The smallest absolute Gasteiger partial charge is 0.272 e. The first kappa shape index (κ1) is 38.4. The highest BCUT2D eigenvalue weighted by Gasteiger charge is 2.61. The van der Waals surface area contributed by atoms with Gasteiger partial charge in [-0.25, -0.2) is 9.49 Å². The summed E-state index contributed by atoms with van der Waals surface area (Å²) < 4.78 is 21.6. The molecule has 1 aliphatic heterocycles. The molecule has 0 bridgehead atoms. The van der Waals surface area contributed by atoms with Crippen LogP contribution in [0.4, 0.5) is 4.39 Å². The Morgan fingerprint density at radius 3 is 2.53 bits per heavy atom.